The minimum absolute atomic E-state index is 0.253. The molecular formula is C23H22N2O2S. The van der Waals surface area contributed by atoms with Crippen LogP contribution in [0.5, 0.6) is 0 Å². The van der Waals surface area contributed by atoms with Gasteiger partial charge in [-0.2, -0.15) is 0 Å². The van der Waals surface area contributed by atoms with Gasteiger partial charge in [0.1, 0.15) is 5.84 Å². The van der Waals surface area contributed by atoms with Crippen LogP contribution in [0.25, 0.3) is 0 Å². The molecule has 1 aliphatic rings. The summed E-state index contributed by atoms with van der Waals surface area (Å²) < 4.78 is 28.6. The summed E-state index contributed by atoms with van der Waals surface area (Å²) >= 11 is 0. The van der Waals surface area contributed by atoms with Gasteiger partial charge in [0.2, 0.25) is 0 Å². The summed E-state index contributed by atoms with van der Waals surface area (Å²) in [6, 6.07) is 25.7. The van der Waals surface area contributed by atoms with Crippen molar-refractivity contribution in [2.45, 2.75) is 30.8 Å². The lowest BCUT2D eigenvalue weighted by atomic mass is 10.0. The maximum Gasteiger partial charge on any atom is 0.265 e. The zero-order valence-corrected chi connectivity index (χ0v) is 16.7. The number of sulfonamides is 1. The molecule has 5 heteroatoms. The molecule has 0 aromatic heterocycles. The molecule has 142 valence electrons. The Balaban J connectivity index is 1.84. The third kappa shape index (κ3) is 3.22. The van der Waals surface area contributed by atoms with Crippen molar-refractivity contribution < 1.29 is 8.42 Å². The minimum atomic E-state index is -3.74. The van der Waals surface area contributed by atoms with Gasteiger partial charge >= 0.3 is 0 Å². The standard InChI is InChI=1S/C23H22N2O2S/c1-17-13-15-21(16-14-17)28(26,27)25-18(2)22(19-9-5-3-6-10-19)24-23(25)20-11-7-4-8-12-20/h3-16,18,22H,1-2H3/t18-,22+/m1/s1. The highest BCUT2D eigenvalue weighted by atomic mass is 32.2. The molecule has 3 aromatic rings. The van der Waals surface area contributed by atoms with E-state index in [1.807, 2.05) is 86.6 Å². The van der Waals surface area contributed by atoms with E-state index in [9.17, 15) is 8.42 Å². The van der Waals surface area contributed by atoms with Crippen LogP contribution in [0.2, 0.25) is 0 Å². The lowest BCUT2D eigenvalue weighted by Gasteiger charge is -2.27. The van der Waals surface area contributed by atoms with E-state index < -0.39 is 10.0 Å². The van der Waals surface area contributed by atoms with E-state index in [1.54, 1.807) is 12.1 Å². The second-order valence-electron chi connectivity index (χ2n) is 7.03. The molecule has 0 fully saturated rings. The molecular weight excluding hydrogens is 368 g/mol. The molecule has 4 rings (SSSR count). The average Bonchev–Trinajstić information content (AvgIpc) is 3.07. The van der Waals surface area contributed by atoms with E-state index >= 15 is 0 Å². The molecule has 2 atom stereocenters. The SMILES string of the molecule is Cc1ccc(S(=O)(=O)N2C(c3ccccc3)=N[C@H](c3ccccc3)[C@H]2C)cc1. The van der Waals surface area contributed by atoms with Crippen LogP contribution in [0.4, 0.5) is 0 Å². The van der Waals surface area contributed by atoms with Gasteiger partial charge in [-0.25, -0.2) is 12.7 Å². The highest BCUT2D eigenvalue weighted by molar-refractivity contribution is 7.89. The van der Waals surface area contributed by atoms with Crippen LogP contribution in [0, 0.1) is 6.92 Å². The highest BCUT2D eigenvalue weighted by Gasteiger charge is 2.42. The van der Waals surface area contributed by atoms with Gasteiger partial charge in [0.25, 0.3) is 10.0 Å². The van der Waals surface area contributed by atoms with Gasteiger partial charge < -0.3 is 0 Å². The maximum absolute atomic E-state index is 13.6. The number of rotatable bonds is 4. The third-order valence-electron chi connectivity index (χ3n) is 5.05. The Bertz CT molecular complexity index is 1090. The fourth-order valence-corrected chi connectivity index (χ4v) is 5.21. The zero-order valence-electron chi connectivity index (χ0n) is 15.9. The molecule has 0 N–H and O–H groups in total. The van der Waals surface area contributed by atoms with Gasteiger partial charge in [0, 0.05) is 5.56 Å². The number of amidine groups is 1. The van der Waals surface area contributed by atoms with Gasteiger partial charge in [-0.05, 0) is 31.5 Å². The molecule has 0 saturated carbocycles. The highest BCUT2D eigenvalue weighted by Crippen LogP contribution is 2.36. The molecule has 4 nitrogen and oxygen atoms in total. The topological polar surface area (TPSA) is 49.7 Å². The van der Waals surface area contributed by atoms with E-state index in [2.05, 4.69) is 0 Å². The predicted octanol–water partition coefficient (Wildman–Crippen LogP) is 4.58. The van der Waals surface area contributed by atoms with Crippen molar-refractivity contribution in [1.82, 2.24) is 4.31 Å². The Morgan fingerprint density at radius 3 is 2.00 bits per heavy atom. The molecule has 0 unspecified atom stereocenters. The van der Waals surface area contributed by atoms with Gasteiger partial charge in [0.15, 0.2) is 0 Å². The molecule has 0 amide bonds. The zero-order chi connectivity index (χ0) is 19.7. The van der Waals surface area contributed by atoms with Crippen LogP contribution in [-0.4, -0.2) is 24.6 Å². The van der Waals surface area contributed by atoms with Crippen molar-refractivity contribution in [1.29, 1.82) is 0 Å². The molecule has 28 heavy (non-hydrogen) atoms. The van der Waals surface area contributed by atoms with Gasteiger partial charge in [-0.3, -0.25) is 4.99 Å². The quantitative estimate of drug-likeness (QED) is 0.655. The van der Waals surface area contributed by atoms with E-state index in [4.69, 9.17) is 4.99 Å². The number of aliphatic imine (C=N–C) groups is 1. The summed E-state index contributed by atoms with van der Waals surface area (Å²) in [4.78, 5) is 5.14. The lowest BCUT2D eigenvalue weighted by molar-refractivity contribution is 0.434. The fourth-order valence-electron chi connectivity index (χ4n) is 3.57. The second-order valence-corrected chi connectivity index (χ2v) is 8.84. The first kappa shape index (κ1) is 18.4. The van der Waals surface area contributed by atoms with E-state index in [-0.39, 0.29) is 17.0 Å². The summed E-state index contributed by atoms with van der Waals surface area (Å²) in [7, 11) is -3.74. The van der Waals surface area contributed by atoms with E-state index in [0.29, 0.717) is 5.84 Å². The van der Waals surface area contributed by atoms with Crippen LogP contribution < -0.4 is 0 Å². The Kier molecular flexibility index (Phi) is 4.77. The molecule has 0 saturated heterocycles. The van der Waals surface area contributed by atoms with Crippen molar-refractivity contribution in [3.8, 4) is 0 Å². The average molecular weight is 391 g/mol. The number of aryl methyl sites for hydroxylation is 1. The van der Waals surface area contributed by atoms with Gasteiger partial charge in [-0.1, -0.05) is 78.4 Å². The number of hydrogen-bond donors (Lipinski definition) is 0. The number of hydrogen-bond acceptors (Lipinski definition) is 3. The number of benzene rings is 3. The van der Waals surface area contributed by atoms with Crippen LogP contribution in [0.1, 0.15) is 29.7 Å². The molecule has 0 spiro atoms. The summed E-state index contributed by atoms with van der Waals surface area (Å²) in [5, 5.41) is 0. The molecule has 0 bridgehead atoms. The minimum Gasteiger partial charge on any atom is -0.257 e. The first-order valence-electron chi connectivity index (χ1n) is 9.28. The van der Waals surface area contributed by atoms with Gasteiger partial charge in [-0.15, -0.1) is 0 Å². The lowest BCUT2D eigenvalue weighted by Crippen LogP contribution is -2.41. The predicted molar refractivity (Wildman–Crippen MR) is 112 cm³/mol. The molecule has 1 aliphatic heterocycles. The molecule has 3 aromatic carbocycles. The Hall–Kier alpha value is -2.92. The summed E-state index contributed by atoms with van der Waals surface area (Å²) in [6.07, 6.45) is 0. The van der Waals surface area contributed by atoms with Crippen molar-refractivity contribution in [2.24, 2.45) is 4.99 Å². The Labute approximate surface area is 166 Å². The van der Waals surface area contributed by atoms with Crippen LogP contribution in [-0.2, 0) is 10.0 Å². The summed E-state index contributed by atoms with van der Waals surface area (Å²) in [6.45, 7) is 3.86. The summed E-state index contributed by atoms with van der Waals surface area (Å²) in [5.41, 5.74) is 2.82. The monoisotopic (exact) mass is 390 g/mol. The smallest absolute Gasteiger partial charge is 0.257 e. The van der Waals surface area contributed by atoms with Crippen molar-refractivity contribution in [3.63, 3.8) is 0 Å². The van der Waals surface area contributed by atoms with Crippen molar-refractivity contribution >= 4 is 15.9 Å². The van der Waals surface area contributed by atoms with Crippen molar-refractivity contribution in [2.75, 3.05) is 0 Å². The Morgan fingerprint density at radius 1 is 0.821 bits per heavy atom. The Morgan fingerprint density at radius 2 is 1.39 bits per heavy atom. The number of nitrogens with zero attached hydrogens (tertiary/aromatic N) is 2. The molecule has 1 heterocycles. The van der Waals surface area contributed by atoms with Crippen LogP contribution in [0.15, 0.2) is 94.8 Å². The van der Waals surface area contributed by atoms with Crippen LogP contribution >= 0.6 is 0 Å². The molecule has 0 aliphatic carbocycles. The summed E-state index contributed by atoms with van der Waals surface area (Å²) in [5.74, 6) is 0.488. The normalized spacial score (nSPS) is 19.5. The first-order valence-corrected chi connectivity index (χ1v) is 10.7. The van der Waals surface area contributed by atoms with Crippen molar-refractivity contribution in [3.05, 3.63) is 102 Å². The van der Waals surface area contributed by atoms with Crippen LogP contribution in [0.3, 0.4) is 0 Å². The maximum atomic E-state index is 13.6. The fraction of sp³-hybridized carbons (Fsp3) is 0.174. The third-order valence-corrected chi connectivity index (χ3v) is 6.94. The molecule has 0 radical (unpaired) electrons. The largest absolute Gasteiger partial charge is 0.265 e. The van der Waals surface area contributed by atoms with E-state index in [0.717, 1.165) is 16.7 Å². The second kappa shape index (κ2) is 7.24. The van der Waals surface area contributed by atoms with Gasteiger partial charge in [0.05, 0.1) is 17.0 Å². The van der Waals surface area contributed by atoms with E-state index in [1.165, 1.54) is 4.31 Å². The first-order chi connectivity index (χ1) is 13.5.